The van der Waals surface area contributed by atoms with Gasteiger partial charge in [0, 0.05) is 24.8 Å². The fourth-order valence-electron chi connectivity index (χ4n) is 1.88. The van der Waals surface area contributed by atoms with Gasteiger partial charge < -0.3 is 10.0 Å². The highest BCUT2D eigenvalue weighted by Gasteiger charge is 2.12. The lowest BCUT2D eigenvalue weighted by Crippen LogP contribution is -2.08. The lowest BCUT2D eigenvalue weighted by molar-refractivity contribution is 0.0698. The highest BCUT2D eigenvalue weighted by Crippen LogP contribution is 2.28. The van der Waals surface area contributed by atoms with Gasteiger partial charge >= 0.3 is 5.97 Å². The molecule has 0 amide bonds. The smallest absolute Gasteiger partial charge is 0.336 e. The Hall–Kier alpha value is -2.00. The highest BCUT2D eigenvalue weighted by molar-refractivity contribution is 6.31. The van der Waals surface area contributed by atoms with Gasteiger partial charge in [0.1, 0.15) is 0 Å². The maximum absolute atomic E-state index is 11.2. The maximum atomic E-state index is 11.2. The van der Waals surface area contributed by atoms with Gasteiger partial charge in [0.25, 0.3) is 0 Å². The largest absolute Gasteiger partial charge is 0.478 e. The minimum atomic E-state index is -0.955. The minimum absolute atomic E-state index is 0.252. The predicted octanol–water partition coefficient (Wildman–Crippen LogP) is 3.77. The zero-order valence-electron chi connectivity index (χ0n) is 10.7. The molecule has 0 aliphatic carbocycles. The van der Waals surface area contributed by atoms with Crippen LogP contribution in [0.5, 0.6) is 0 Å². The van der Waals surface area contributed by atoms with Gasteiger partial charge in [0.05, 0.1) is 5.56 Å². The lowest BCUT2D eigenvalue weighted by Gasteiger charge is -2.13. The first-order valence-corrected chi connectivity index (χ1v) is 6.17. The average molecular weight is 276 g/mol. The van der Waals surface area contributed by atoms with E-state index in [0.29, 0.717) is 10.6 Å². The van der Waals surface area contributed by atoms with Crippen molar-refractivity contribution in [2.45, 2.75) is 0 Å². The van der Waals surface area contributed by atoms with Gasteiger partial charge in [-0.1, -0.05) is 23.7 Å². The van der Waals surface area contributed by atoms with E-state index in [-0.39, 0.29) is 5.56 Å². The third-order valence-electron chi connectivity index (χ3n) is 2.91. The molecule has 0 radical (unpaired) electrons. The molecule has 0 saturated heterocycles. The molecule has 0 aliphatic heterocycles. The maximum Gasteiger partial charge on any atom is 0.336 e. The third kappa shape index (κ3) is 2.88. The van der Waals surface area contributed by atoms with E-state index in [1.54, 1.807) is 12.1 Å². The van der Waals surface area contributed by atoms with Crippen molar-refractivity contribution in [1.82, 2.24) is 0 Å². The van der Waals surface area contributed by atoms with Crippen LogP contribution in [-0.4, -0.2) is 25.2 Å². The Morgan fingerprint density at radius 2 is 1.74 bits per heavy atom. The molecule has 2 aromatic carbocycles. The van der Waals surface area contributed by atoms with E-state index < -0.39 is 5.97 Å². The summed E-state index contributed by atoms with van der Waals surface area (Å²) in [4.78, 5) is 13.2. The van der Waals surface area contributed by atoms with Gasteiger partial charge in [-0.25, -0.2) is 4.79 Å². The molecule has 0 unspecified atom stereocenters. The number of rotatable bonds is 3. The molecule has 0 bridgehead atoms. The molecule has 3 nitrogen and oxygen atoms in total. The topological polar surface area (TPSA) is 40.5 Å². The van der Waals surface area contributed by atoms with Crippen LogP contribution in [0.2, 0.25) is 5.02 Å². The van der Waals surface area contributed by atoms with Gasteiger partial charge in [-0.05, 0) is 41.5 Å². The molecule has 0 saturated carbocycles. The number of nitrogens with zero attached hydrogens (tertiary/aromatic N) is 1. The van der Waals surface area contributed by atoms with E-state index in [4.69, 9.17) is 11.6 Å². The minimum Gasteiger partial charge on any atom is -0.478 e. The predicted molar refractivity (Wildman–Crippen MR) is 78.2 cm³/mol. The van der Waals surface area contributed by atoms with Crippen LogP contribution in [0.25, 0.3) is 11.1 Å². The zero-order valence-corrected chi connectivity index (χ0v) is 11.5. The number of halogens is 1. The molecule has 0 atom stereocenters. The Kier molecular flexibility index (Phi) is 3.76. The molecule has 2 rings (SSSR count). The summed E-state index contributed by atoms with van der Waals surface area (Å²) < 4.78 is 0. The van der Waals surface area contributed by atoms with Crippen LogP contribution in [0.15, 0.2) is 42.5 Å². The third-order valence-corrected chi connectivity index (χ3v) is 3.14. The summed E-state index contributed by atoms with van der Waals surface area (Å²) >= 11 is 5.95. The van der Waals surface area contributed by atoms with E-state index in [1.165, 1.54) is 6.07 Å². The fourth-order valence-corrected chi connectivity index (χ4v) is 2.05. The Morgan fingerprint density at radius 3 is 2.26 bits per heavy atom. The number of carbonyl (C=O) groups is 1. The Bertz CT molecular complexity index is 606. The zero-order chi connectivity index (χ0) is 14.0. The van der Waals surface area contributed by atoms with Crippen molar-refractivity contribution in [2.75, 3.05) is 19.0 Å². The summed E-state index contributed by atoms with van der Waals surface area (Å²) in [5, 5.41) is 9.73. The van der Waals surface area contributed by atoms with Crippen LogP contribution in [0.1, 0.15) is 10.4 Å². The number of hydrogen-bond donors (Lipinski definition) is 1. The van der Waals surface area contributed by atoms with Crippen molar-refractivity contribution in [1.29, 1.82) is 0 Å². The second-order valence-corrected chi connectivity index (χ2v) is 4.87. The van der Waals surface area contributed by atoms with Crippen LogP contribution in [0, 0.1) is 0 Å². The normalized spacial score (nSPS) is 10.3. The van der Waals surface area contributed by atoms with E-state index in [0.717, 1.165) is 11.3 Å². The summed E-state index contributed by atoms with van der Waals surface area (Å²) in [7, 11) is 3.91. The second kappa shape index (κ2) is 5.33. The number of benzene rings is 2. The van der Waals surface area contributed by atoms with Gasteiger partial charge in [0.2, 0.25) is 0 Å². The molecule has 1 N–H and O–H groups in total. The van der Waals surface area contributed by atoms with Gasteiger partial charge in [-0.3, -0.25) is 0 Å². The molecular weight excluding hydrogens is 262 g/mol. The Labute approximate surface area is 117 Å². The molecule has 4 heteroatoms. The van der Waals surface area contributed by atoms with Crippen molar-refractivity contribution in [2.24, 2.45) is 0 Å². The number of carboxylic acids is 1. The van der Waals surface area contributed by atoms with Crippen LogP contribution < -0.4 is 4.90 Å². The highest BCUT2D eigenvalue weighted by atomic mass is 35.5. The molecule has 0 aliphatic rings. The van der Waals surface area contributed by atoms with E-state index >= 15 is 0 Å². The monoisotopic (exact) mass is 275 g/mol. The average Bonchev–Trinajstić information content (AvgIpc) is 2.38. The number of carboxylic acid groups (broad SMARTS) is 1. The molecule has 0 fully saturated rings. The molecule has 0 aromatic heterocycles. The first-order chi connectivity index (χ1) is 8.99. The molecule has 98 valence electrons. The molecular formula is C15H14ClNO2. The Balaban J connectivity index is 2.51. The first kappa shape index (κ1) is 13.4. The van der Waals surface area contributed by atoms with Crippen molar-refractivity contribution >= 4 is 23.3 Å². The fraction of sp³-hybridized carbons (Fsp3) is 0.133. The summed E-state index contributed by atoms with van der Waals surface area (Å²) in [5.74, 6) is -0.955. The van der Waals surface area contributed by atoms with Crippen LogP contribution in [0.3, 0.4) is 0 Å². The summed E-state index contributed by atoms with van der Waals surface area (Å²) in [6, 6.07) is 12.5. The molecule has 19 heavy (non-hydrogen) atoms. The quantitative estimate of drug-likeness (QED) is 0.927. The SMILES string of the molecule is CN(C)c1ccc(-c2cc(Cl)ccc2C(=O)O)cc1. The van der Waals surface area contributed by atoms with Gasteiger partial charge in [0.15, 0.2) is 0 Å². The Morgan fingerprint density at radius 1 is 1.11 bits per heavy atom. The summed E-state index contributed by atoms with van der Waals surface area (Å²) in [5.41, 5.74) is 2.78. The summed E-state index contributed by atoms with van der Waals surface area (Å²) in [6.45, 7) is 0. The van der Waals surface area contributed by atoms with E-state index in [1.807, 2.05) is 43.3 Å². The number of anilines is 1. The number of aromatic carboxylic acids is 1. The van der Waals surface area contributed by atoms with Crippen molar-refractivity contribution in [3.63, 3.8) is 0 Å². The standard InChI is InChI=1S/C15H14ClNO2/c1-17(2)12-6-3-10(4-7-12)14-9-11(16)5-8-13(14)15(18)19/h3-9H,1-2H3,(H,18,19). The number of hydrogen-bond acceptors (Lipinski definition) is 2. The van der Waals surface area contributed by atoms with Gasteiger partial charge in [-0.2, -0.15) is 0 Å². The molecule has 2 aromatic rings. The van der Waals surface area contributed by atoms with Gasteiger partial charge in [-0.15, -0.1) is 0 Å². The van der Waals surface area contributed by atoms with Crippen molar-refractivity contribution < 1.29 is 9.90 Å². The van der Waals surface area contributed by atoms with E-state index in [2.05, 4.69) is 0 Å². The second-order valence-electron chi connectivity index (χ2n) is 4.44. The lowest BCUT2D eigenvalue weighted by atomic mass is 9.99. The molecule has 0 heterocycles. The van der Waals surface area contributed by atoms with Crippen LogP contribution in [-0.2, 0) is 0 Å². The van der Waals surface area contributed by atoms with Crippen LogP contribution in [0.4, 0.5) is 5.69 Å². The first-order valence-electron chi connectivity index (χ1n) is 5.79. The van der Waals surface area contributed by atoms with Crippen molar-refractivity contribution in [3.05, 3.63) is 53.1 Å². The van der Waals surface area contributed by atoms with Crippen molar-refractivity contribution in [3.8, 4) is 11.1 Å². The summed E-state index contributed by atoms with van der Waals surface area (Å²) in [6.07, 6.45) is 0. The molecule has 0 spiro atoms. The van der Waals surface area contributed by atoms with E-state index in [9.17, 15) is 9.90 Å². The van der Waals surface area contributed by atoms with Crippen LogP contribution >= 0.6 is 11.6 Å².